The minimum atomic E-state index is -0.574. The highest BCUT2D eigenvalue weighted by Crippen LogP contribution is 2.31. The number of hydrogen-bond acceptors (Lipinski definition) is 4. The Bertz CT molecular complexity index is 513. The number of methoxy groups -OCH3 is 1. The number of ether oxygens (including phenoxy) is 1. The molecule has 3 N–H and O–H groups in total. The molecule has 1 unspecified atom stereocenters. The van der Waals surface area contributed by atoms with E-state index < -0.39 is 5.60 Å². The van der Waals surface area contributed by atoms with Gasteiger partial charge in [0.25, 0.3) is 0 Å². The summed E-state index contributed by atoms with van der Waals surface area (Å²) in [5.41, 5.74) is 0.288. The molecule has 2 rings (SSSR count). The summed E-state index contributed by atoms with van der Waals surface area (Å²) in [4.78, 5) is 12.3. The second-order valence-corrected chi connectivity index (χ2v) is 6.31. The summed E-state index contributed by atoms with van der Waals surface area (Å²) < 4.78 is 5.20. The quantitative estimate of drug-likeness (QED) is 0.689. The van der Waals surface area contributed by atoms with E-state index >= 15 is 0 Å². The molecule has 5 nitrogen and oxygen atoms in total. The largest absolute Gasteiger partial charge is 0.497 e. The first-order valence-electron chi connectivity index (χ1n) is 8.47. The molecular formula is C18H28N2O3. The summed E-state index contributed by atoms with van der Waals surface area (Å²) in [6, 6.07) is 7.26. The second-order valence-electron chi connectivity index (χ2n) is 6.31. The van der Waals surface area contributed by atoms with Crippen LogP contribution in [0.5, 0.6) is 5.75 Å². The van der Waals surface area contributed by atoms with Crippen molar-refractivity contribution in [3.63, 3.8) is 0 Å². The molecule has 0 radical (unpaired) electrons. The van der Waals surface area contributed by atoms with Crippen LogP contribution >= 0.6 is 0 Å². The molecule has 1 aromatic rings. The van der Waals surface area contributed by atoms with E-state index in [1.807, 2.05) is 31.2 Å². The van der Waals surface area contributed by atoms with Gasteiger partial charge >= 0.3 is 0 Å². The third kappa shape index (κ3) is 5.13. The lowest BCUT2D eigenvalue weighted by Crippen LogP contribution is -2.41. The molecule has 128 valence electrons. The van der Waals surface area contributed by atoms with Crippen molar-refractivity contribution >= 4 is 11.6 Å². The zero-order chi connectivity index (χ0) is 16.7. The molecule has 1 aromatic carbocycles. The van der Waals surface area contributed by atoms with Crippen LogP contribution in [-0.2, 0) is 4.79 Å². The molecule has 0 saturated heterocycles. The number of rotatable bonds is 8. The number of anilines is 1. The molecule has 5 heteroatoms. The lowest BCUT2D eigenvalue weighted by molar-refractivity contribution is -0.122. The third-order valence-corrected chi connectivity index (χ3v) is 4.56. The molecule has 0 aromatic heterocycles. The Morgan fingerprint density at radius 1 is 1.39 bits per heavy atom. The van der Waals surface area contributed by atoms with E-state index in [1.54, 1.807) is 7.11 Å². The molecule has 1 fully saturated rings. The van der Waals surface area contributed by atoms with Crippen molar-refractivity contribution in [2.75, 3.05) is 19.0 Å². The van der Waals surface area contributed by atoms with E-state index in [2.05, 4.69) is 10.6 Å². The first kappa shape index (κ1) is 17.6. The van der Waals surface area contributed by atoms with Gasteiger partial charge in [-0.05, 0) is 37.8 Å². The van der Waals surface area contributed by atoms with Crippen molar-refractivity contribution in [1.82, 2.24) is 5.32 Å². The van der Waals surface area contributed by atoms with E-state index in [0.29, 0.717) is 19.4 Å². The van der Waals surface area contributed by atoms with Crippen molar-refractivity contribution in [1.29, 1.82) is 0 Å². The minimum absolute atomic E-state index is 0.0306. The fraction of sp³-hybridized carbons (Fsp3) is 0.611. The average Bonchev–Trinajstić information content (AvgIpc) is 2.99. The summed E-state index contributed by atoms with van der Waals surface area (Å²) >= 11 is 0. The standard InChI is InChI=1S/C18H28N2O3/c1-3-16(20-14-7-6-8-15(13-14)23-2)17(21)19-12-11-18(22)9-4-5-10-18/h6-8,13,16,20,22H,3-5,9-12H2,1-2H3,(H,19,21). The van der Waals surface area contributed by atoms with Gasteiger partial charge in [0, 0.05) is 18.3 Å². The molecule has 0 spiro atoms. The minimum Gasteiger partial charge on any atom is -0.497 e. The van der Waals surface area contributed by atoms with Crippen LogP contribution in [0.3, 0.4) is 0 Å². The number of benzene rings is 1. The zero-order valence-electron chi connectivity index (χ0n) is 14.1. The molecular weight excluding hydrogens is 292 g/mol. The fourth-order valence-corrected chi connectivity index (χ4v) is 3.09. The first-order valence-corrected chi connectivity index (χ1v) is 8.47. The molecule has 1 saturated carbocycles. The maximum absolute atomic E-state index is 12.3. The molecule has 1 aliphatic rings. The van der Waals surface area contributed by atoms with Gasteiger partial charge in [0.1, 0.15) is 11.8 Å². The van der Waals surface area contributed by atoms with Gasteiger partial charge in [-0.15, -0.1) is 0 Å². The maximum Gasteiger partial charge on any atom is 0.242 e. The summed E-state index contributed by atoms with van der Waals surface area (Å²) in [5.74, 6) is 0.727. The van der Waals surface area contributed by atoms with Gasteiger partial charge in [0.2, 0.25) is 5.91 Å². The molecule has 1 atom stereocenters. The van der Waals surface area contributed by atoms with Crippen molar-refractivity contribution in [2.24, 2.45) is 0 Å². The highest BCUT2D eigenvalue weighted by atomic mass is 16.5. The third-order valence-electron chi connectivity index (χ3n) is 4.56. The van der Waals surface area contributed by atoms with Gasteiger partial charge in [0.05, 0.1) is 12.7 Å². The van der Waals surface area contributed by atoms with Crippen molar-refractivity contribution in [3.8, 4) is 5.75 Å². The molecule has 1 amide bonds. The monoisotopic (exact) mass is 320 g/mol. The van der Waals surface area contributed by atoms with E-state index in [9.17, 15) is 9.90 Å². The van der Waals surface area contributed by atoms with Crippen molar-refractivity contribution in [2.45, 2.75) is 57.1 Å². The Labute approximate surface area is 138 Å². The molecule has 0 bridgehead atoms. The Kier molecular flexibility index (Phi) is 6.28. The number of hydrogen-bond donors (Lipinski definition) is 3. The van der Waals surface area contributed by atoms with Gasteiger partial charge in [-0.2, -0.15) is 0 Å². The highest BCUT2D eigenvalue weighted by molar-refractivity contribution is 5.84. The normalized spacial score (nSPS) is 17.5. The van der Waals surface area contributed by atoms with Gasteiger partial charge in [-0.1, -0.05) is 25.8 Å². The fourth-order valence-electron chi connectivity index (χ4n) is 3.09. The predicted molar refractivity (Wildman–Crippen MR) is 91.7 cm³/mol. The summed E-state index contributed by atoms with van der Waals surface area (Å²) in [6.45, 7) is 2.49. The SMILES string of the molecule is CCC(Nc1cccc(OC)c1)C(=O)NCCC1(O)CCCC1. The van der Waals surface area contributed by atoms with E-state index in [1.165, 1.54) is 0 Å². The summed E-state index contributed by atoms with van der Waals surface area (Å²) in [7, 11) is 1.62. The maximum atomic E-state index is 12.3. The van der Waals surface area contributed by atoms with Crippen LogP contribution in [0.25, 0.3) is 0 Å². The van der Waals surface area contributed by atoms with Crippen LogP contribution in [0.15, 0.2) is 24.3 Å². The highest BCUT2D eigenvalue weighted by Gasteiger charge is 2.30. The van der Waals surface area contributed by atoms with Crippen LogP contribution in [0, 0.1) is 0 Å². The van der Waals surface area contributed by atoms with Crippen LogP contribution in [0.1, 0.15) is 45.4 Å². The van der Waals surface area contributed by atoms with Crippen LogP contribution < -0.4 is 15.4 Å². The van der Waals surface area contributed by atoms with Crippen LogP contribution in [0.2, 0.25) is 0 Å². The first-order chi connectivity index (χ1) is 11.1. The second kappa shape index (κ2) is 8.20. The number of amides is 1. The number of carbonyl (C=O) groups is 1. The average molecular weight is 320 g/mol. The summed E-state index contributed by atoms with van der Waals surface area (Å²) in [6.07, 6.45) is 5.19. The van der Waals surface area contributed by atoms with Gasteiger partial charge in [0.15, 0.2) is 0 Å². The number of aliphatic hydroxyl groups is 1. The van der Waals surface area contributed by atoms with E-state index in [-0.39, 0.29) is 11.9 Å². The lowest BCUT2D eigenvalue weighted by Gasteiger charge is -2.23. The van der Waals surface area contributed by atoms with Gasteiger partial charge in [-0.25, -0.2) is 0 Å². The van der Waals surface area contributed by atoms with E-state index in [0.717, 1.165) is 37.1 Å². The van der Waals surface area contributed by atoms with Gasteiger partial charge < -0.3 is 20.5 Å². The van der Waals surface area contributed by atoms with Crippen molar-refractivity contribution in [3.05, 3.63) is 24.3 Å². The Balaban J connectivity index is 1.83. The lowest BCUT2D eigenvalue weighted by atomic mass is 9.98. The number of nitrogens with one attached hydrogen (secondary N) is 2. The molecule has 0 aliphatic heterocycles. The van der Waals surface area contributed by atoms with Crippen molar-refractivity contribution < 1.29 is 14.6 Å². The van der Waals surface area contributed by atoms with Gasteiger partial charge in [-0.3, -0.25) is 4.79 Å². The molecule has 23 heavy (non-hydrogen) atoms. The molecule has 1 aliphatic carbocycles. The number of carbonyl (C=O) groups excluding carboxylic acids is 1. The van der Waals surface area contributed by atoms with E-state index in [4.69, 9.17) is 4.74 Å². The Morgan fingerprint density at radius 3 is 2.78 bits per heavy atom. The predicted octanol–water partition coefficient (Wildman–Crippen LogP) is 2.70. The molecule has 0 heterocycles. The zero-order valence-corrected chi connectivity index (χ0v) is 14.1. The van der Waals surface area contributed by atoms with Crippen LogP contribution in [0.4, 0.5) is 5.69 Å². The van der Waals surface area contributed by atoms with Crippen LogP contribution in [-0.4, -0.2) is 36.3 Å². The summed E-state index contributed by atoms with van der Waals surface area (Å²) in [5, 5.41) is 16.5. The Hall–Kier alpha value is -1.75. The smallest absolute Gasteiger partial charge is 0.242 e. The topological polar surface area (TPSA) is 70.6 Å². The Morgan fingerprint density at radius 2 is 2.13 bits per heavy atom.